The monoisotopic (exact) mass is 389 g/mol. The lowest BCUT2D eigenvalue weighted by Gasteiger charge is -2.33. The topological polar surface area (TPSA) is 65.7 Å². The Labute approximate surface area is 166 Å². The Morgan fingerprint density at radius 3 is 2.74 bits per heavy atom. The number of nitrogens with zero attached hydrogens (tertiary/aromatic N) is 3. The number of thiophene rings is 1. The first-order valence-electron chi connectivity index (χ1n) is 9.74. The molecule has 1 aliphatic rings. The number of nitrogens with one attached hydrogen (secondary N) is 2. The highest BCUT2D eigenvalue weighted by atomic mass is 32.1. The van der Waals surface area contributed by atoms with Gasteiger partial charge in [-0.25, -0.2) is 9.98 Å². The first-order valence-corrected chi connectivity index (χ1v) is 10.6. The van der Waals surface area contributed by atoms with Crippen LogP contribution in [-0.4, -0.2) is 36.6 Å². The van der Waals surface area contributed by atoms with Crippen molar-refractivity contribution in [3.63, 3.8) is 0 Å². The Bertz CT molecular complexity index is 724. The van der Waals surface area contributed by atoms with Crippen molar-refractivity contribution in [3.8, 4) is 0 Å². The number of hydrogen-bond acceptors (Lipinski definition) is 5. The molecule has 0 spiro atoms. The predicted octanol–water partition coefficient (Wildman–Crippen LogP) is 3.76. The molecule has 2 aromatic rings. The van der Waals surface area contributed by atoms with Crippen LogP contribution < -0.4 is 15.5 Å². The van der Waals surface area contributed by atoms with E-state index in [-0.39, 0.29) is 5.41 Å². The van der Waals surface area contributed by atoms with Gasteiger partial charge in [0.15, 0.2) is 5.96 Å². The molecule has 0 aromatic carbocycles. The van der Waals surface area contributed by atoms with Crippen LogP contribution in [0, 0.1) is 0 Å². The average Bonchev–Trinajstić information content (AvgIpc) is 3.32. The first kappa shape index (κ1) is 19.7. The number of aromatic nitrogens is 1. The van der Waals surface area contributed by atoms with Crippen molar-refractivity contribution in [1.29, 1.82) is 0 Å². The molecule has 0 radical (unpaired) electrons. The van der Waals surface area contributed by atoms with Gasteiger partial charge in [0.25, 0.3) is 0 Å². The lowest BCUT2D eigenvalue weighted by Crippen LogP contribution is -2.48. The van der Waals surface area contributed by atoms with Gasteiger partial charge in [0.1, 0.15) is 12.3 Å². The van der Waals surface area contributed by atoms with Gasteiger partial charge in [0, 0.05) is 31.1 Å². The minimum Gasteiger partial charge on any atom is -0.443 e. The van der Waals surface area contributed by atoms with E-state index in [1.54, 1.807) is 0 Å². The number of oxazole rings is 1. The highest BCUT2D eigenvalue weighted by Crippen LogP contribution is 2.25. The van der Waals surface area contributed by atoms with E-state index in [9.17, 15) is 0 Å². The molecule has 0 bridgehead atoms. The summed E-state index contributed by atoms with van der Waals surface area (Å²) < 4.78 is 5.84. The van der Waals surface area contributed by atoms with Crippen molar-refractivity contribution in [3.05, 3.63) is 35.4 Å². The predicted molar refractivity (Wildman–Crippen MR) is 113 cm³/mol. The summed E-state index contributed by atoms with van der Waals surface area (Å²) in [5.74, 6) is 2.39. The van der Waals surface area contributed by atoms with E-state index >= 15 is 0 Å². The van der Waals surface area contributed by atoms with Crippen molar-refractivity contribution >= 4 is 22.3 Å². The second-order valence-electron chi connectivity index (χ2n) is 7.92. The SMILES string of the molecule is CCNC(=NCc1ncc(C(C)(C)C)o1)NC1CCN(c2cccs2)CC1. The van der Waals surface area contributed by atoms with E-state index in [1.165, 1.54) is 5.00 Å². The zero-order chi connectivity index (χ0) is 19.3. The molecule has 1 fully saturated rings. The molecular weight excluding hydrogens is 358 g/mol. The van der Waals surface area contributed by atoms with Gasteiger partial charge in [-0.3, -0.25) is 0 Å². The van der Waals surface area contributed by atoms with E-state index < -0.39 is 0 Å². The fourth-order valence-corrected chi connectivity index (χ4v) is 3.87. The summed E-state index contributed by atoms with van der Waals surface area (Å²) in [7, 11) is 0. The lowest BCUT2D eigenvalue weighted by atomic mass is 9.94. The molecule has 0 atom stereocenters. The summed E-state index contributed by atoms with van der Waals surface area (Å²) in [6, 6.07) is 4.76. The maximum absolute atomic E-state index is 5.84. The van der Waals surface area contributed by atoms with Crippen LogP contribution in [0.15, 0.2) is 33.1 Å². The number of anilines is 1. The molecule has 0 amide bonds. The van der Waals surface area contributed by atoms with Gasteiger partial charge in [-0.1, -0.05) is 20.8 Å². The number of hydrogen-bond donors (Lipinski definition) is 2. The third kappa shape index (κ3) is 5.48. The molecule has 27 heavy (non-hydrogen) atoms. The Kier molecular flexibility index (Phi) is 6.42. The van der Waals surface area contributed by atoms with Gasteiger partial charge in [-0.2, -0.15) is 0 Å². The third-order valence-corrected chi connectivity index (χ3v) is 5.59. The maximum Gasteiger partial charge on any atom is 0.216 e. The standard InChI is InChI=1S/C20H31N5OS/c1-5-21-19(23-14-17-22-13-16(26-17)20(2,3)4)24-15-8-10-25(11-9-15)18-7-6-12-27-18/h6-7,12-13,15H,5,8-11,14H2,1-4H3,(H2,21,23,24). The zero-order valence-electron chi connectivity index (χ0n) is 16.8. The Morgan fingerprint density at radius 1 is 1.37 bits per heavy atom. The van der Waals surface area contributed by atoms with Gasteiger partial charge in [-0.05, 0) is 37.3 Å². The molecule has 1 saturated heterocycles. The minimum atomic E-state index is -0.0335. The normalized spacial score (nSPS) is 16.6. The van der Waals surface area contributed by atoms with Gasteiger partial charge >= 0.3 is 0 Å². The van der Waals surface area contributed by atoms with Crippen molar-refractivity contribution in [1.82, 2.24) is 15.6 Å². The average molecular weight is 390 g/mol. The van der Waals surface area contributed by atoms with Crippen LogP contribution in [0.5, 0.6) is 0 Å². The Balaban J connectivity index is 1.54. The summed E-state index contributed by atoms with van der Waals surface area (Å²) in [5, 5.41) is 10.4. The van der Waals surface area contributed by atoms with E-state index in [0.29, 0.717) is 18.5 Å². The number of aliphatic imine (C=N–C) groups is 1. The molecule has 2 N–H and O–H groups in total. The highest BCUT2D eigenvalue weighted by molar-refractivity contribution is 7.14. The van der Waals surface area contributed by atoms with E-state index in [2.05, 4.69) is 70.7 Å². The van der Waals surface area contributed by atoms with Gasteiger partial charge < -0.3 is 20.0 Å². The van der Waals surface area contributed by atoms with Crippen LogP contribution in [0.1, 0.15) is 52.2 Å². The zero-order valence-corrected chi connectivity index (χ0v) is 17.6. The molecule has 3 heterocycles. The maximum atomic E-state index is 5.84. The summed E-state index contributed by atoms with van der Waals surface area (Å²) in [6.45, 7) is 11.9. The Morgan fingerprint density at radius 2 is 2.15 bits per heavy atom. The van der Waals surface area contributed by atoms with Crippen LogP contribution in [0.4, 0.5) is 5.00 Å². The molecule has 2 aromatic heterocycles. The van der Waals surface area contributed by atoms with Crippen LogP contribution in [0.25, 0.3) is 0 Å². The number of piperidine rings is 1. The fourth-order valence-electron chi connectivity index (χ4n) is 3.08. The van der Waals surface area contributed by atoms with Crippen LogP contribution in [-0.2, 0) is 12.0 Å². The molecule has 0 unspecified atom stereocenters. The largest absolute Gasteiger partial charge is 0.443 e. The van der Waals surface area contributed by atoms with E-state index in [1.807, 2.05) is 17.5 Å². The molecular formula is C20H31N5OS. The van der Waals surface area contributed by atoms with E-state index in [4.69, 9.17) is 4.42 Å². The summed E-state index contributed by atoms with van der Waals surface area (Å²) in [4.78, 5) is 11.5. The molecule has 6 nitrogen and oxygen atoms in total. The van der Waals surface area contributed by atoms with E-state index in [0.717, 1.165) is 44.2 Å². The van der Waals surface area contributed by atoms with Gasteiger partial charge in [0.05, 0.1) is 11.2 Å². The lowest BCUT2D eigenvalue weighted by molar-refractivity contribution is 0.383. The summed E-state index contributed by atoms with van der Waals surface area (Å²) in [6.07, 6.45) is 4.02. The molecule has 0 aliphatic carbocycles. The molecule has 7 heteroatoms. The summed E-state index contributed by atoms with van der Waals surface area (Å²) >= 11 is 1.81. The smallest absolute Gasteiger partial charge is 0.216 e. The first-order chi connectivity index (χ1) is 13.0. The van der Waals surface area contributed by atoms with Crippen LogP contribution in [0.2, 0.25) is 0 Å². The second-order valence-corrected chi connectivity index (χ2v) is 8.85. The molecule has 3 rings (SSSR count). The van der Waals surface area contributed by atoms with Crippen molar-refractivity contribution in [2.45, 2.75) is 58.5 Å². The number of guanidine groups is 1. The molecule has 1 aliphatic heterocycles. The van der Waals surface area contributed by atoms with Crippen molar-refractivity contribution < 1.29 is 4.42 Å². The second kappa shape index (κ2) is 8.78. The minimum absolute atomic E-state index is 0.0335. The van der Waals surface area contributed by atoms with Crippen LogP contribution >= 0.6 is 11.3 Å². The highest BCUT2D eigenvalue weighted by Gasteiger charge is 2.21. The Hall–Kier alpha value is -2.02. The fraction of sp³-hybridized carbons (Fsp3) is 0.600. The molecule has 0 saturated carbocycles. The van der Waals surface area contributed by atoms with Crippen molar-refractivity contribution in [2.24, 2.45) is 4.99 Å². The summed E-state index contributed by atoms with van der Waals surface area (Å²) in [5.41, 5.74) is -0.0335. The van der Waals surface area contributed by atoms with Gasteiger partial charge in [-0.15, -0.1) is 11.3 Å². The molecule has 148 valence electrons. The quantitative estimate of drug-likeness (QED) is 0.602. The number of rotatable bonds is 5. The third-order valence-electron chi connectivity index (χ3n) is 4.66. The van der Waals surface area contributed by atoms with Gasteiger partial charge in [0.2, 0.25) is 5.89 Å². The van der Waals surface area contributed by atoms with Crippen molar-refractivity contribution in [2.75, 3.05) is 24.5 Å². The van der Waals surface area contributed by atoms with Crippen LogP contribution in [0.3, 0.4) is 0 Å².